The standard InChI is InChI=1S/C48H31NO2/c1-3-13-32(14-4-1)35-29-36(33-15-5-2-6-16-33)31-38(30-35)49(42-20-12-24-46-48(42)41-18-8-10-22-44(41)51-46)37-27-25-34(26-28-37)39-19-11-23-45-47(39)40-17-7-9-21-43(40)50-45/h1-31H. The van der Waals surface area contributed by atoms with Crippen LogP contribution in [0.3, 0.4) is 0 Å². The molecule has 0 fully saturated rings. The van der Waals surface area contributed by atoms with Gasteiger partial charge >= 0.3 is 0 Å². The first-order valence-corrected chi connectivity index (χ1v) is 17.3. The molecule has 0 amide bonds. The molecule has 0 aliphatic carbocycles. The second-order valence-electron chi connectivity index (χ2n) is 12.9. The normalized spacial score (nSPS) is 11.5. The zero-order chi connectivity index (χ0) is 33.7. The molecule has 8 aromatic carbocycles. The van der Waals surface area contributed by atoms with Gasteiger partial charge < -0.3 is 13.7 Å². The van der Waals surface area contributed by atoms with Crippen LogP contribution in [0.5, 0.6) is 0 Å². The van der Waals surface area contributed by atoms with E-state index in [4.69, 9.17) is 8.83 Å². The lowest BCUT2D eigenvalue weighted by atomic mass is 9.96. The van der Waals surface area contributed by atoms with Crippen LogP contribution >= 0.6 is 0 Å². The zero-order valence-electron chi connectivity index (χ0n) is 27.7. The van der Waals surface area contributed by atoms with Crippen LogP contribution in [0.4, 0.5) is 17.1 Å². The van der Waals surface area contributed by atoms with Gasteiger partial charge in [-0.3, -0.25) is 0 Å². The Bertz CT molecular complexity index is 2790. The SMILES string of the molecule is c1ccc(-c2cc(-c3ccccc3)cc(N(c3ccc(-c4cccc5oc6ccccc6c45)cc3)c3cccc4oc5ccccc5c34)c2)cc1. The van der Waals surface area contributed by atoms with Gasteiger partial charge in [0.05, 0.1) is 11.1 Å². The Morgan fingerprint density at radius 1 is 0.314 bits per heavy atom. The summed E-state index contributed by atoms with van der Waals surface area (Å²) in [5, 5.41) is 4.43. The summed E-state index contributed by atoms with van der Waals surface area (Å²) in [6.07, 6.45) is 0. The second-order valence-corrected chi connectivity index (χ2v) is 12.9. The molecule has 3 heteroatoms. The number of hydrogen-bond donors (Lipinski definition) is 0. The molecule has 0 unspecified atom stereocenters. The van der Waals surface area contributed by atoms with E-state index in [-0.39, 0.29) is 0 Å². The molecular formula is C48H31NO2. The van der Waals surface area contributed by atoms with Crippen molar-refractivity contribution in [3.8, 4) is 33.4 Å². The summed E-state index contributed by atoms with van der Waals surface area (Å²) >= 11 is 0. The molecule has 0 aliphatic heterocycles. The van der Waals surface area contributed by atoms with Crippen LogP contribution in [0.1, 0.15) is 0 Å². The lowest BCUT2D eigenvalue weighted by Gasteiger charge is -2.28. The smallest absolute Gasteiger partial charge is 0.137 e. The van der Waals surface area contributed by atoms with Crippen LogP contribution in [-0.4, -0.2) is 0 Å². The van der Waals surface area contributed by atoms with Crippen molar-refractivity contribution in [1.82, 2.24) is 0 Å². The van der Waals surface area contributed by atoms with Gasteiger partial charge in [0.15, 0.2) is 0 Å². The van der Waals surface area contributed by atoms with Gasteiger partial charge in [-0.2, -0.15) is 0 Å². The number of benzene rings is 8. The molecule has 0 aliphatic rings. The van der Waals surface area contributed by atoms with Gasteiger partial charge in [-0.25, -0.2) is 0 Å². The van der Waals surface area contributed by atoms with Gasteiger partial charge in [-0.1, -0.05) is 127 Å². The Labute approximate surface area is 295 Å². The Morgan fingerprint density at radius 3 is 1.45 bits per heavy atom. The van der Waals surface area contributed by atoms with E-state index in [1.165, 1.54) is 11.1 Å². The van der Waals surface area contributed by atoms with E-state index in [2.05, 4.69) is 169 Å². The maximum atomic E-state index is 6.41. The molecule has 0 bridgehead atoms. The molecule has 0 saturated carbocycles. The lowest BCUT2D eigenvalue weighted by molar-refractivity contribution is 0.668. The minimum atomic E-state index is 0.858. The van der Waals surface area contributed by atoms with E-state index in [9.17, 15) is 0 Å². The summed E-state index contributed by atoms with van der Waals surface area (Å²) in [5.41, 5.74) is 13.6. The van der Waals surface area contributed by atoms with Crippen molar-refractivity contribution in [2.24, 2.45) is 0 Å². The maximum Gasteiger partial charge on any atom is 0.137 e. The fourth-order valence-electron chi connectivity index (χ4n) is 7.51. The second kappa shape index (κ2) is 11.9. The van der Waals surface area contributed by atoms with Crippen molar-refractivity contribution in [3.63, 3.8) is 0 Å². The van der Waals surface area contributed by atoms with E-state index < -0.39 is 0 Å². The highest BCUT2D eigenvalue weighted by atomic mass is 16.3. The molecule has 10 rings (SSSR count). The highest BCUT2D eigenvalue weighted by Gasteiger charge is 2.21. The van der Waals surface area contributed by atoms with Crippen molar-refractivity contribution in [1.29, 1.82) is 0 Å². The summed E-state index contributed by atoms with van der Waals surface area (Å²) < 4.78 is 12.6. The van der Waals surface area contributed by atoms with E-state index in [0.29, 0.717) is 0 Å². The quantitative estimate of drug-likeness (QED) is 0.179. The molecule has 0 spiro atoms. The first-order valence-electron chi connectivity index (χ1n) is 17.3. The van der Waals surface area contributed by atoms with E-state index in [1.54, 1.807) is 0 Å². The third kappa shape index (κ3) is 4.98. The summed E-state index contributed by atoms with van der Waals surface area (Å²) in [6, 6.07) is 66.3. The average molecular weight is 654 g/mol. The summed E-state index contributed by atoms with van der Waals surface area (Å²) in [7, 11) is 0. The van der Waals surface area contributed by atoms with Crippen LogP contribution in [0.15, 0.2) is 197 Å². The van der Waals surface area contributed by atoms with Gasteiger partial charge in [0, 0.05) is 27.5 Å². The van der Waals surface area contributed by atoms with Gasteiger partial charge in [0.2, 0.25) is 0 Å². The topological polar surface area (TPSA) is 29.5 Å². The molecule has 51 heavy (non-hydrogen) atoms. The zero-order valence-corrected chi connectivity index (χ0v) is 27.7. The van der Waals surface area contributed by atoms with Crippen molar-refractivity contribution >= 4 is 60.9 Å². The third-order valence-electron chi connectivity index (χ3n) is 9.85. The fraction of sp³-hybridized carbons (Fsp3) is 0. The van der Waals surface area contributed by atoms with E-state index in [0.717, 1.165) is 83.2 Å². The number of furan rings is 2. The number of nitrogens with zero attached hydrogens (tertiary/aromatic N) is 1. The summed E-state index contributed by atoms with van der Waals surface area (Å²) in [5.74, 6) is 0. The molecule has 0 radical (unpaired) electrons. The van der Waals surface area contributed by atoms with Crippen molar-refractivity contribution < 1.29 is 8.83 Å². The van der Waals surface area contributed by atoms with Crippen LogP contribution in [0, 0.1) is 0 Å². The Hall–Kier alpha value is -6.84. The third-order valence-corrected chi connectivity index (χ3v) is 9.85. The maximum absolute atomic E-state index is 6.41. The molecule has 0 saturated heterocycles. The van der Waals surface area contributed by atoms with Crippen molar-refractivity contribution in [3.05, 3.63) is 188 Å². The summed E-state index contributed by atoms with van der Waals surface area (Å²) in [4.78, 5) is 2.38. The number of para-hydroxylation sites is 2. The van der Waals surface area contributed by atoms with Crippen molar-refractivity contribution in [2.75, 3.05) is 4.90 Å². The number of rotatable bonds is 6. The van der Waals surface area contributed by atoms with Crippen LogP contribution in [0.25, 0.3) is 77.3 Å². The van der Waals surface area contributed by atoms with Crippen LogP contribution in [0.2, 0.25) is 0 Å². The molecule has 0 N–H and O–H groups in total. The molecule has 0 atom stereocenters. The molecule has 2 aromatic heterocycles. The molecule has 3 nitrogen and oxygen atoms in total. The first-order chi connectivity index (χ1) is 25.3. The molecular weight excluding hydrogens is 623 g/mol. The number of fused-ring (bicyclic) bond motifs is 6. The predicted molar refractivity (Wildman–Crippen MR) is 212 cm³/mol. The minimum Gasteiger partial charge on any atom is -0.456 e. The van der Waals surface area contributed by atoms with Crippen LogP contribution < -0.4 is 4.90 Å². The van der Waals surface area contributed by atoms with E-state index in [1.807, 2.05) is 24.3 Å². The highest BCUT2D eigenvalue weighted by Crippen LogP contribution is 2.45. The predicted octanol–water partition coefficient (Wildman–Crippen LogP) is 14.0. The Kier molecular flexibility index (Phi) is 6.81. The van der Waals surface area contributed by atoms with Crippen molar-refractivity contribution in [2.45, 2.75) is 0 Å². The highest BCUT2D eigenvalue weighted by molar-refractivity contribution is 6.14. The Balaban J connectivity index is 1.21. The molecule has 240 valence electrons. The van der Waals surface area contributed by atoms with E-state index >= 15 is 0 Å². The lowest BCUT2D eigenvalue weighted by Crippen LogP contribution is -2.10. The van der Waals surface area contributed by atoms with Gasteiger partial charge in [0.1, 0.15) is 22.3 Å². The fourth-order valence-corrected chi connectivity index (χ4v) is 7.51. The summed E-state index contributed by atoms with van der Waals surface area (Å²) in [6.45, 7) is 0. The van der Waals surface area contributed by atoms with Gasteiger partial charge in [-0.05, 0) is 94.0 Å². The first kappa shape index (κ1) is 29.1. The molecule has 10 aromatic rings. The van der Waals surface area contributed by atoms with Gasteiger partial charge in [-0.15, -0.1) is 0 Å². The largest absolute Gasteiger partial charge is 0.456 e. The minimum absolute atomic E-state index is 0.858. The Morgan fingerprint density at radius 2 is 0.824 bits per heavy atom. The molecule has 2 heterocycles. The monoisotopic (exact) mass is 653 g/mol. The number of anilines is 3. The van der Waals surface area contributed by atoms with Gasteiger partial charge in [0.25, 0.3) is 0 Å². The van der Waals surface area contributed by atoms with Crippen LogP contribution in [-0.2, 0) is 0 Å². The average Bonchev–Trinajstić information content (AvgIpc) is 3.78. The number of hydrogen-bond acceptors (Lipinski definition) is 3.